The van der Waals surface area contributed by atoms with Gasteiger partial charge in [0.05, 0.1) is 0 Å². The maximum absolute atomic E-state index is 11.0. The summed E-state index contributed by atoms with van der Waals surface area (Å²) in [5.41, 5.74) is -0.0987. The van der Waals surface area contributed by atoms with Crippen molar-refractivity contribution in [2.75, 3.05) is 33.2 Å². The quantitative estimate of drug-likeness (QED) is 0.681. The maximum atomic E-state index is 11.0. The predicted molar refractivity (Wildman–Crippen MR) is 67.6 cm³/mol. The molecule has 16 heavy (non-hydrogen) atoms. The van der Waals surface area contributed by atoms with Crippen LogP contribution in [0.3, 0.4) is 0 Å². The molecule has 94 valence electrons. The molecule has 1 rings (SSSR count). The number of rotatable bonds is 4. The molecular weight excluding hydrogens is 200 g/mol. The lowest BCUT2D eigenvalue weighted by Crippen LogP contribution is -2.55. The van der Waals surface area contributed by atoms with Gasteiger partial charge in [-0.3, -0.25) is 4.90 Å². The number of piperazine rings is 1. The molecule has 1 saturated heterocycles. The highest BCUT2D eigenvalue weighted by Crippen LogP contribution is 2.30. The third-order valence-corrected chi connectivity index (χ3v) is 3.57. The minimum Gasteiger partial charge on any atom is -0.304 e. The van der Waals surface area contributed by atoms with E-state index in [1.54, 1.807) is 0 Å². The van der Waals surface area contributed by atoms with Crippen LogP contribution in [0.1, 0.15) is 34.1 Å². The third kappa shape index (κ3) is 3.56. The van der Waals surface area contributed by atoms with Gasteiger partial charge < -0.3 is 9.69 Å². The zero-order valence-corrected chi connectivity index (χ0v) is 11.4. The second kappa shape index (κ2) is 4.84. The van der Waals surface area contributed by atoms with E-state index in [0.29, 0.717) is 0 Å². The summed E-state index contributed by atoms with van der Waals surface area (Å²) in [5.74, 6) is 0. The van der Waals surface area contributed by atoms with Crippen molar-refractivity contribution in [1.82, 2.24) is 9.80 Å². The molecule has 0 aliphatic carbocycles. The number of carbonyl (C=O) groups excluding carboxylic acids is 1. The first-order chi connectivity index (χ1) is 7.27. The smallest absolute Gasteiger partial charge is 0.125 e. The summed E-state index contributed by atoms with van der Waals surface area (Å²) in [6, 6.07) is 0. The molecule has 0 amide bonds. The summed E-state index contributed by atoms with van der Waals surface area (Å²) >= 11 is 0. The Hall–Kier alpha value is -0.410. The molecule has 0 spiro atoms. The van der Waals surface area contributed by atoms with Gasteiger partial charge >= 0.3 is 0 Å². The Morgan fingerprint density at radius 3 is 2.00 bits per heavy atom. The second-order valence-corrected chi connectivity index (χ2v) is 6.39. The number of carbonyl (C=O) groups is 1. The number of likely N-dealkylation sites (N-methyl/N-ethyl adjacent to an activating group) is 1. The third-order valence-electron chi connectivity index (χ3n) is 3.57. The van der Waals surface area contributed by atoms with Crippen molar-refractivity contribution in [2.45, 2.75) is 39.7 Å². The van der Waals surface area contributed by atoms with Gasteiger partial charge in [-0.05, 0) is 27.3 Å². The molecule has 3 nitrogen and oxygen atoms in total. The molecule has 1 aliphatic heterocycles. The lowest BCUT2D eigenvalue weighted by Gasteiger charge is -2.45. The summed E-state index contributed by atoms with van der Waals surface area (Å²) in [6.45, 7) is 13.0. The van der Waals surface area contributed by atoms with Gasteiger partial charge in [0.15, 0.2) is 0 Å². The summed E-state index contributed by atoms with van der Waals surface area (Å²) in [6.07, 6.45) is 2.01. The SMILES string of the molecule is CN1CCN(C(C)(C)CC(C)(C)C=O)CC1. The number of aldehydes is 1. The topological polar surface area (TPSA) is 23.6 Å². The van der Waals surface area contributed by atoms with Crippen LogP contribution in [0.2, 0.25) is 0 Å². The molecule has 0 saturated carbocycles. The highest BCUT2D eigenvalue weighted by Gasteiger charge is 2.34. The molecule has 1 fully saturated rings. The van der Waals surface area contributed by atoms with Crippen molar-refractivity contribution in [3.8, 4) is 0 Å². The van der Waals surface area contributed by atoms with Crippen LogP contribution in [-0.2, 0) is 4.79 Å². The normalized spacial score (nSPS) is 21.1. The van der Waals surface area contributed by atoms with E-state index < -0.39 is 0 Å². The maximum Gasteiger partial charge on any atom is 0.125 e. The molecule has 0 bridgehead atoms. The molecule has 0 aromatic rings. The summed E-state index contributed by atoms with van der Waals surface area (Å²) in [4.78, 5) is 15.9. The van der Waals surface area contributed by atoms with Gasteiger partial charge in [0.2, 0.25) is 0 Å². The number of hydrogen-bond donors (Lipinski definition) is 0. The Bertz CT molecular complexity index is 240. The molecule has 0 radical (unpaired) electrons. The molecular formula is C13H26N2O. The first kappa shape index (κ1) is 13.7. The Morgan fingerprint density at radius 2 is 1.56 bits per heavy atom. The lowest BCUT2D eigenvalue weighted by molar-refractivity contribution is -0.116. The van der Waals surface area contributed by atoms with E-state index in [2.05, 4.69) is 30.7 Å². The highest BCUT2D eigenvalue weighted by atomic mass is 16.1. The highest BCUT2D eigenvalue weighted by molar-refractivity contribution is 5.58. The molecule has 1 aliphatic rings. The van der Waals surface area contributed by atoms with Crippen molar-refractivity contribution in [2.24, 2.45) is 5.41 Å². The Kier molecular flexibility index (Phi) is 4.13. The van der Waals surface area contributed by atoms with Crippen LogP contribution >= 0.6 is 0 Å². The van der Waals surface area contributed by atoms with Crippen molar-refractivity contribution in [3.63, 3.8) is 0 Å². The number of hydrogen-bond acceptors (Lipinski definition) is 3. The van der Waals surface area contributed by atoms with E-state index in [1.165, 1.54) is 0 Å². The van der Waals surface area contributed by atoms with Crippen LogP contribution in [0.4, 0.5) is 0 Å². The van der Waals surface area contributed by atoms with Gasteiger partial charge in [-0.1, -0.05) is 13.8 Å². The zero-order chi connectivity index (χ0) is 12.4. The fraction of sp³-hybridized carbons (Fsp3) is 0.923. The Morgan fingerprint density at radius 1 is 1.06 bits per heavy atom. The van der Waals surface area contributed by atoms with Gasteiger partial charge in [-0.2, -0.15) is 0 Å². The second-order valence-electron chi connectivity index (χ2n) is 6.39. The Labute approximate surface area is 99.8 Å². The average Bonchev–Trinajstić information content (AvgIpc) is 2.17. The minimum absolute atomic E-state index is 0.117. The van der Waals surface area contributed by atoms with Crippen molar-refractivity contribution >= 4 is 6.29 Å². The van der Waals surface area contributed by atoms with E-state index in [0.717, 1.165) is 38.9 Å². The van der Waals surface area contributed by atoms with E-state index in [9.17, 15) is 4.79 Å². The predicted octanol–water partition coefficient (Wildman–Crippen LogP) is 1.63. The van der Waals surface area contributed by atoms with Crippen LogP contribution in [0, 0.1) is 5.41 Å². The van der Waals surface area contributed by atoms with E-state index in [4.69, 9.17) is 0 Å². The fourth-order valence-corrected chi connectivity index (χ4v) is 2.68. The lowest BCUT2D eigenvalue weighted by atomic mass is 9.80. The molecule has 0 aromatic heterocycles. The monoisotopic (exact) mass is 226 g/mol. The average molecular weight is 226 g/mol. The summed E-state index contributed by atoms with van der Waals surface area (Å²) in [5, 5.41) is 0. The molecule has 0 atom stereocenters. The van der Waals surface area contributed by atoms with Gasteiger partial charge in [0, 0.05) is 37.1 Å². The van der Waals surface area contributed by atoms with Gasteiger partial charge in [-0.15, -0.1) is 0 Å². The van der Waals surface area contributed by atoms with Crippen LogP contribution in [0.25, 0.3) is 0 Å². The minimum atomic E-state index is -0.215. The van der Waals surface area contributed by atoms with Crippen molar-refractivity contribution < 1.29 is 4.79 Å². The molecule has 0 unspecified atom stereocenters. The number of nitrogens with zero attached hydrogens (tertiary/aromatic N) is 2. The van der Waals surface area contributed by atoms with Crippen LogP contribution in [0.5, 0.6) is 0 Å². The summed E-state index contributed by atoms with van der Waals surface area (Å²) < 4.78 is 0. The van der Waals surface area contributed by atoms with E-state index in [1.807, 2.05) is 13.8 Å². The van der Waals surface area contributed by atoms with Crippen LogP contribution in [0.15, 0.2) is 0 Å². The van der Waals surface area contributed by atoms with Crippen LogP contribution < -0.4 is 0 Å². The zero-order valence-electron chi connectivity index (χ0n) is 11.4. The standard InChI is InChI=1S/C13H26N2O/c1-12(2,11-16)10-13(3,4)15-8-6-14(5)7-9-15/h11H,6-10H2,1-5H3. The molecule has 0 aromatic carbocycles. The fourth-order valence-electron chi connectivity index (χ4n) is 2.68. The van der Waals surface area contributed by atoms with Gasteiger partial charge in [-0.25, -0.2) is 0 Å². The van der Waals surface area contributed by atoms with Gasteiger partial charge in [0.1, 0.15) is 6.29 Å². The van der Waals surface area contributed by atoms with E-state index in [-0.39, 0.29) is 11.0 Å². The van der Waals surface area contributed by atoms with Crippen molar-refractivity contribution in [1.29, 1.82) is 0 Å². The Balaban J connectivity index is 2.59. The first-order valence-corrected chi connectivity index (χ1v) is 6.17. The molecule has 3 heteroatoms. The van der Waals surface area contributed by atoms with Gasteiger partial charge in [0.25, 0.3) is 0 Å². The largest absolute Gasteiger partial charge is 0.304 e. The van der Waals surface area contributed by atoms with E-state index >= 15 is 0 Å². The van der Waals surface area contributed by atoms with Crippen molar-refractivity contribution in [3.05, 3.63) is 0 Å². The first-order valence-electron chi connectivity index (χ1n) is 6.17. The molecule has 1 heterocycles. The molecule has 0 N–H and O–H groups in total. The summed E-state index contributed by atoms with van der Waals surface area (Å²) in [7, 11) is 2.17. The van der Waals surface area contributed by atoms with Crippen LogP contribution in [-0.4, -0.2) is 54.9 Å².